The van der Waals surface area contributed by atoms with Crippen molar-refractivity contribution in [1.29, 1.82) is 0 Å². The summed E-state index contributed by atoms with van der Waals surface area (Å²) in [7, 11) is 0. The Hall–Kier alpha value is -2.82. The molecule has 23 heavy (non-hydrogen) atoms. The highest BCUT2D eigenvalue weighted by molar-refractivity contribution is 5.89. The lowest BCUT2D eigenvalue weighted by Gasteiger charge is -2.12. The van der Waals surface area contributed by atoms with Crippen LogP contribution in [0.25, 0.3) is 22.0 Å². The summed E-state index contributed by atoms with van der Waals surface area (Å²) in [4.78, 5) is 18.5. The van der Waals surface area contributed by atoms with Crippen molar-refractivity contribution < 1.29 is 9.84 Å². The summed E-state index contributed by atoms with van der Waals surface area (Å²) in [6, 6.07) is 10.9. The molecule has 2 N–H and O–H groups in total. The van der Waals surface area contributed by atoms with Gasteiger partial charge < -0.3 is 14.8 Å². The van der Waals surface area contributed by atoms with Gasteiger partial charge in [-0.3, -0.25) is 4.79 Å². The van der Waals surface area contributed by atoms with Crippen LogP contribution >= 0.6 is 0 Å². The van der Waals surface area contributed by atoms with Gasteiger partial charge in [0.15, 0.2) is 0 Å². The lowest BCUT2D eigenvalue weighted by atomic mass is 10.0. The van der Waals surface area contributed by atoms with Gasteiger partial charge in [-0.1, -0.05) is 31.5 Å². The van der Waals surface area contributed by atoms with E-state index in [1.54, 1.807) is 12.1 Å². The highest BCUT2D eigenvalue weighted by Crippen LogP contribution is 2.34. The number of aromatic hydroxyl groups is 1. The number of phenolic OH excluding ortho intramolecular Hbond substituents is 1. The van der Waals surface area contributed by atoms with Crippen molar-refractivity contribution in [2.24, 2.45) is 0 Å². The SMILES string of the molecule is CCCCOc1ccccc1-c1cc(O)c2nc[nH]c(=O)c2c1. The zero-order chi connectivity index (χ0) is 16.2. The molecular formula is C18H18N2O3. The molecule has 3 aromatic rings. The average molecular weight is 310 g/mol. The zero-order valence-corrected chi connectivity index (χ0v) is 12.9. The van der Waals surface area contributed by atoms with E-state index in [2.05, 4.69) is 16.9 Å². The fraction of sp³-hybridized carbons (Fsp3) is 0.222. The van der Waals surface area contributed by atoms with E-state index >= 15 is 0 Å². The molecule has 0 aliphatic rings. The van der Waals surface area contributed by atoms with Gasteiger partial charge in [-0.2, -0.15) is 0 Å². The molecule has 1 aromatic heterocycles. The second-order valence-corrected chi connectivity index (χ2v) is 5.32. The number of phenols is 1. The Kier molecular flexibility index (Phi) is 4.28. The number of aromatic amines is 1. The van der Waals surface area contributed by atoms with Crippen molar-refractivity contribution in [3.05, 3.63) is 53.1 Å². The van der Waals surface area contributed by atoms with Crippen molar-refractivity contribution in [1.82, 2.24) is 9.97 Å². The molecule has 5 heteroatoms. The Labute approximate surface area is 133 Å². The molecule has 5 nitrogen and oxygen atoms in total. The number of nitrogens with zero attached hydrogens (tertiary/aromatic N) is 1. The first-order chi connectivity index (χ1) is 11.2. The Morgan fingerprint density at radius 3 is 2.91 bits per heavy atom. The Balaban J connectivity index is 2.10. The van der Waals surface area contributed by atoms with E-state index in [1.165, 1.54) is 6.33 Å². The summed E-state index contributed by atoms with van der Waals surface area (Å²) in [5.74, 6) is 0.715. The second kappa shape index (κ2) is 6.52. The molecule has 2 aromatic carbocycles. The standard InChI is InChI=1S/C18H18N2O3/c1-2-3-8-23-16-7-5-4-6-13(16)12-9-14-17(15(21)10-12)19-11-20-18(14)22/h4-7,9-11,21H,2-3,8H2,1H3,(H,19,20,22). The molecule has 0 radical (unpaired) electrons. The van der Waals surface area contributed by atoms with E-state index in [-0.39, 0.29) is 11.3 Å². The number of hydrogen-bond donors (Lipinski definition) is 2. The number of para-hydroxylation sites is 1. The maximum atomic E-state index is 12.0. The highest BCUT2D eigenvalue weighted by atomic mass is 16.5. The van der Waals surface area contributed by atoms with Crippen LogP contribution in [0.1, 0.15) is 19.8 Å². The number of aromatic nitrogens is 2. The number of nitrogens with one attached hydrogen (secondary N) is 1. The minimum Gasteiger partial charge on any atom is -0.506 e. The van der Waals surface area contributed by atoms with Crippen molar-refractivity contribution in [3.63, 3.8) is 0 Å². The number of ether oxygens (including phenoxy) is 1. The van der Waals surface area contributed by atoms with Gasteiger partial charge in [0.1, 0.15) is 17.0 Å². The van der Waals surface area contributed by atoms with Crippen molar-refractivity contribution >= 4 is 10.9 Å². The topological polar surface area (TPSA) is 75.2 Å². The second-order valence-electron chi connectivity index (χ2n) is 5.32. The van der Waals surface area contributed by atoms with Crippen molar-refractivity contribution in [2.45, 2.75) is 19.8 Å². The monoisotopic (exact) mass is 310 g/mol. The van der Waals surface area contributed by atoms with Gasteiger partial charge in [0.2, 0.25) is 0 Å². The van der Waals surface area contributed by atoms with Gasteiger partial charge in [-0.05, 0) is 30.2 Å². The summed E-state index contributed by atoms with van der Waals surface area (Å²) in [6.07, 6.45) is 3.31. The van der Waals surface area contributed by atoms with Crippen LogP contribution in [0.15, 0.2) is 47.5 Å². The van der Waals surface area contributed by atoms with Gasteiger partial charge in [0.05, 0.1) is 18.3 Å². The number of fused-ring (bicyclic) bond motifs is 1. The Morgan fingerprint density at radius 1 is 1.26 bits per heavy atom. The molecule has 0 aliphatic carbocycles. The molecule has 0 amide bonds. The van der Waals surface area contributed by atoms with Crippen LogP contribution in [-0.2, 0) is 0 Å². The highest BCUT2D eigenvalue weighted by Gasteiger charge is 2.12. The molecule has 0 fully saturated rings. The predicted octanol–water partition coefficient (Wildman–Crippen LogP) is 3.47. The molecule has 1 heterocycles. The summed E-state index contributed by atoms with van der Waals surface area (Å²) < 4.78 is 5.83. The molecule has 0 saturated carbocycles. The van der Waals surface area contributed by atoms with Crippen LogP contribution in [0.2, 0.25) is 0 Å². The number of H-pyrrole nitrogens is 1. The van der Waals surface area contributed by atoms with Crippen molar-refractivity contribution in [3.8, 4) is 22.6 Å². The fourth-order valence-corrected chi connectivity index (χ4v) is 2.47. The van der Waals surface area contributed by atoms with E-state index in [4.69, 9.17) is 4.74 Å². The van der Waals surface area contributed by atoms with E-state index in [0.29, 0.717) is 17.5 Å². The Bertz CT molecular complexity index is 887. The first kappa shape index (κ1) is 15.1. The summed E-state index contributed by atoms with van der Waals surface area (Å²) in [5, 5.41) is 10.5. The fourth-order valence-electron chi connectivity index (χ4n) is 2.47. The average Bonchev–Trinajstić information content (AvgIpc) is 2.56. The maximum absolute atomic E-state index is 12.0. The maximum Gasteiger partial charge on any atom is 0.258 e. The third kappa shape index (κ3) is 3.04. The van der Waals surface area contributed by atoms with Crippen LogP contribution in [0, 0.1) is 0 Å². The molecule has 0 spiro atoms. The number of rotatable bonds is 5. The van der Waals surface area contributed by atoms with E-state index in [9.17, 15) is 9.90 Å². The minimum atomic E-state index is -0.281. The van der Waals surface area contributed by atoms with E-state index in [0.717, 1.165) is 29.7 Å². The molecule has 0 saturated heterocycles. The van der Waals surface area contributed by atoms with Crippen LogP contribution in [0.3, 0.4) is 0 Å². The summed E-state index contributed by atoms with van der Waals surface area (Å²) in [6.45, 7) is 2.74. The third-order valence-electron chi connectivity index (χ3n) is 3.68. The molecule has 0 atom stereocenters. The molecule has 118 valence electrons. The van der Waals surface area contributed by atoms with Gasteiger partial charge in [-0.25, -0.2) is 4.98 Å². The molecule has 3 rings (SSSR count). The van der Waals surface area contributed by atoms with Crippen LogP contribution in [-0.4, -0.2) is 21.7 Å². The van der Waals surface area contributed by atoms with Crippen LogP contribution in [0.5, 0.6) is 11.5 Å². The molecule has 0 bridgehead atoms. The smallest absolute Gasteiger partial charge is 0.258 e. The van der Waals surface area contributed by atoms with Gasteiger partial charge in [0, 0.05) is 5.56 Å². The molecule has 0 aliphatic heterocycles. The van der Waals surface area contributed by atoms with E-state index in [1.807, 2.05) is 24.3 Å². The van der Waals surface area contributed by atoms with Crippen molar-refractivity contribution in [2.75, 3.05) is 6.61 Å². The lowest BCUT2D eigenvalue weighted by Crippen LogP contribution is -2.06. The predicted molar refractivity (Wildman–Crippen MR) is 89.9 cm³/mol. The van der Waals surface area contributed by atoms with E-state index < -0.39 is 0 Å². The summed E-state index contributed by atoms with van der Waals surface area (Å²) >= 11 is 0. The quantitative estimate of drug-likeness (QED) is 0.708. The molecule has 0 unspecified atom stereocenters. The number of unbranched alkanes of at least 4 members (excludes halogenated alkanes) is 1. The zero-order valence-electron chi connectivity index (χ0n) is 12.9. The number of benzene rings is 2. The molecular weight excluding hydrogens is 292 g/mol. The first-order valence-corrected chi connectivity index (χ1v) is 7.63. The minimum absolute atomic E-state index is 0.0213. The van der Waals surface area contributed by atoms with Gasteiger partial charge in [-0.15, -0.1) is 0 Å². The third-order valence-corrected chi connectivity index (χ3v) is 3.68. The largest absolute Gasteiger partial charge is 0.506 e. The number of hydrogen-bond acceptors (Lipinski definition) is 4. The normalized spacial score (nSPS) is 10.8. The van der Waals surface area contributed by atoms with Gasteiger partial charge in [0.25, 0.3) is 5.56 Å². The van der Waals surface area contributed by atoms with Crippen LogP contribution < -0.4 is 10.3 Å². The first-order valence-electron chi connectivity index (χ1n) is 7.63. The summed E-state index contributed by atoms with van der Waals surface area (Å²) in [5.41, 5.74) is 1.57. The lowest BCUT2D eigenvalue weighted by molar-refractivity contribution is 0.310. The van der Waals surface area contributed by atoms with Gasteiger partial charge >= 0.3 is 0 Å². The Morgan fingerprint density at radius 2 is 2.09 bits per heavy atom. The van der Waals surface area contributed by atoms with Crippen LogP contribution in [0.4, 0.5) is 0 Å².